The van der Waals surface area contributed by atoms with Gasteiger partial charge in [-0.3, -0.25) is 14.2 Å². The summed E-state index contributed by atoms with van der Waals surface area (Å²) in [6, 6.07) is -0.910. The van der Waals surface area contributed by atoms with Crippen LogP contribution >= 0.6 is 7.82 Å². The second-order valence-corrected chi connectivity index (χ2v) is 24.6. The van der Waals surface area contributed by atoms with Crippen LogP contribution in [0.2, 0.25) is 0 Å². The topological polar surface area (TPSA) is 114 Å². The van der Waals surface area contributed by atoms with Gasteiger partial charge >= 0.3 is 5.97 Å². The van der Waals surface area contributed by atoms with Crippen LogP contribution in [-0.2, 0) is 27.9 Å². The number of phosphoric ester groups is 1. The summed E-state index contributed by atoms with van der Waals surface area (Å²) in [5.74, 6) is -0.573. The van der Waals surface area contributed by atoms with Gasteiger partial charge < -0.3 is 28.5 Å². The van der Waals surface area contributed by atoms with E-state index >= 15 is 0 Å². The molecule has 0 aromatic carbocycles. The van der Waals surface area contributed by atoms with Crippen LogP contribution < -0.4 is 10.2 Å². The average molecular weight is 1150 g/mol. The van der Waals surface area contributed by atoms with E-state index in [0.29, 0.717) is 23.9 Å². The number of nitrogens with one attached hydrogen (secondary N) is 1. The van der Waals surface area contributed by atoms with E-state index in [9.17, 15) is 19.0 Å². The first-order valence-electron chi connectivity index (χ1n) is 33.2. The monoisotopic (exact) mass is 1150 g/mol. The minimum absolute atomic E-state index is 0.0330. The number of nitrogens with zero attached hydrogens (tertiary/aromatic N) is 1. The van der Waals surface area contributed by atoms with Crippen LogP contribution in [0.4, 0.5) is 0 Å². The zero-order valence-corrected chi connectivity index (χ0v) is 54.1. The molecule has 0 fully saturated rings. The molecule has 466 valence electrons. The second kappa shape index (κ2) is 59.8. The third-order valence-corrected chi connectivity index (χ3v) is 15.2. The quantitative estimate of drug-likeness (QED) is 0.0212. The normalized spacial score (nSPS) is 14.3. The molecule has 10 heteroatoms. The highest BCUT2D eigenvalue weighted by molar-refractivity contribution is 7.45. The maximum Gasteiger partial charge on any atom is 0.306 e. The van der Waals surface area contributed by atoms with Gasteiger partial charge in [0.05, 0.1) is 33.8 Å². The fourth-order valence-electron chi connectivity index (χ4n) is 9.08. The Balaban J connectivity index is 5.28. The van der Waals surface area contributed by atoms with Crippen LogP contribution in [0.3, 0.4) is 0 Å². The predicted molar refractivity (Wildman–Crippen MR) is 348 cm³/mol. The van der Waals surface area contributed by atoms with Crippen molar-refractivity contribution in [1.29, 1.82) is 0 Å². The molecular weight excluding hydrogens is 1020 g/mol. The molecule has 81 heavy (non-hydrogen) atoms. The summed E-state index contributed by atoms with van der Waals surface area (Å²) >= 11 is 0. The maximum absolute atomic E-state index is 13.6. The van der Waals surface area contributed by atoms with E-state index in [-0.39, 0.29) is 31.3 Å². The predicted octanol–water partition coefficient (Wildman–Crippen LogP) is 20.3. The van der Waals surface area contributed by atoms with E-state index < -0.39 is 26.6 Å². The minimum atomic E-state index is -4.72. The van der Waals surface area contributed by atoms with Crippen LogP contribution in [0.25, 0.3) is 0 Å². The van der Waals surface area contributed by atoms with Crippen molar-refractivity contribution in [3.8, 4) is 0 Å². The van der Waals surface area contributed by atoms with Crippen LogP contribution in [0.5, 0.6) is 0 Å². The summed E-state index contributed by atoms with van der Waals surface area (Å²) in [5, 5.41) is 3.02. The molecule has 3 unspecified atom stereocenters. The first-order chi connectivity index (χ1) is 39.4. The third kappa shape index (κ3) is 61.1. The van der Waals surface area contributed by atoms with Crippen molar-refractivity contribution < 1.29 is 37.3 Å². The molecule has 1 N–H and O–H groups in total. The highest BCUT2D eigenvalue weighted by Crippen LogP contribution is 2.38. The van der Waals surface area contributed by atoms with Gasteiger partial charge in [-0.2, -0.15) is 0 Å². The van der Waals surface area contributed by atoms with E-state index in [0.717, 1.165) is 122 Å². The van der Waals surface area contributed by atoms with Gasteiger partial charge in [-0.25, -0.2) is 0 Å². The van der Waals surface area contributed by atoms with Crippen LogP contribution in [0.15, 0.2) is 109 Å². The Kier molecular flexibility index (Phi) is 57.4. The summed E-state index contributed by atoms with van der Waals surface area (Å²) in [4.78, 5) is 40.1. The van der Waals surface area contributed by atoms with E-state index in [1.54, 1.807) is 0 Å². The molecule has 0 aromatic rings. The molecule has 0 saturated heterocycles. The summed E-state index contributed by atoms with van der Waals surface area (Å²) in [6.45, 7) is 6.69. The number of rotatable bonds is 59. The van der Waals surface area contributed by atoms with E-state index in [4.69, 9.17) is 13.8 Å². The SMILES string of the molecule is CC/C=C\C/C=C\C/C=C\C/C=C\C/C=C\CCCCCCCC(=O)NC(COP(=O)([O-])OCC[N+](C)(C)C)C(/C=C/CCCCCCCCCCCCC)OC(=O)CCCCCCCCCC/C=C\C/C=C\C/C=C\CCCCC. The molecule has 0 radical (unpaired) electrons. The number of likely N-dealkylation sites (N-methyl/N-ethyl adjacent to an activating group) is 1. The Morgan fingerprint density at radius 1 is 0.444 bits per heavy atom. The smallest absolute Gasteiger partial charge is 0.306 e. The summed E-state index contributed by atoms with van der Waals surface area (Å²) in [6.07, 6.45) is 81.9. The first-order valence-corrected chi connectivity index (χ1v) is 34.7. The standard InChI is InChI=1S/C71H125N2O7P/c1-7-10-13-16-19-22-25-28-30-32-34-36-38-40-42-45-48-51-54-57-60-63-70(74)72-68(67-79-81(76,77)78-66-65-73(4,5)6)69(62-59-56-53-50-47-44-27-24-21-18-15-12-9-3)80-71(75)64-61-58-55-52-49-46-43-41-39-37-35-33-31-29-26-23-20-17-14-11-8-2/h10,13,19-20,22-23,28-31,34-37,40,42,59,62,68-69H,7-9,11-12,14-18,21,24-27,32-33,38-39,41,43-58,60-61,63-67H2,1-6H3,(H-,72,74,76,77)/b13-10-,22-19-,23-20-,30-28-,31-29-,36-34-,37-35-,42-40-,62-59+. The summed E-state index contributed by atoms with van der Waals surface area (Å²) < 4.78 is 30.4. The van der Waals surface area contributed by atoms with Crippen molar-refractivity contribution in [2.45, 2.75) is 290 Å². The largest absolute Gasteiger partial charge is 0.756 e. The molecule has 0 heterocycles. The lowest BCUT2D eigenvalue weighted by Crippen LogP contribution is -2.47. The molecule has 0 aromatic heterocycles. The third-order valence-electron chi connectivity index (χ3n) is 14.2. The fraction of sp³-hybridized carbons (Fsp3) is 0.718. The molecular formula is C71H125N2O7P. The highest BCUT2D eigenvalue weighted by Gasteiger charge is 2.27. The Hall–Kier alpha value is -3.33. The first kappa shape index (κ1) is 77.7. The van der Waals surface area contributed by atoms with Crippen LogP contribution in [-0.4, -0.2) is 69.4 Å². The fourth-order valence-corrected chi connectivity index (χ4v) is 9.81. The zero-order valence-electron chi connectivity index (χ0n) is 53.2. The van der Waals surface area contributed by atoms with Gasteiger partial charge in [0, 0.05) is 12.8 Å². The number of ether oxygens (including phenoxy) is 1. The molecule has 9 nitrogen and oxygen atoms in total. The van der Waals surface area contributed by atoms with Crippen LogP contribution in [0, 0.1) is 0 Å². The van der Waals surface area contributed by atoms with Gasteiger partial charge in [0.25, 0.3) is 7.82 Å². The number of hydrogen-bond donors (Lipinski definition) is 1. The minimum Gasteiger partial charge on any atom is -0.756 e. The molecule has 0 spiro atoms. The van der Waals surface area contributed by atoms with Crippen molar-refractivity contribution >= 4 is 19.7 Å². The number of carbonyl (C=O) groups is 2. The Labute approximate surface area is 500 Å². The van der Waals surface area contributed by atoms with Crippen molar-refractivity contribution in [1.82, 2.24) is 5.32 Å². The Bertz CT molecular complexity index is 1750. The highest BCUT2D eigenvalue weighted by atomic mass is 31.2. The van der Waals surface area contributed by atoms with Gasteiger partial charge in [0.2, 0.25) is 5.91 Å². The zero-order chi connectivity index (χ0) is 59.3. The second-order valence-electron chi connectivity index (χ2n) is 23.2. The summed E-state index contributed by atoms with van der Waals surface area (Å²) in [5.41, 5.74) is 0. The van der Waals surface area contributed by atoms with E-state index in [1.807, 2.05) is 33.3 Å². The van der Waals surface area contributed by atoms with Gasteiger partial charge in [-0.1, -0.05) is 259 Å². The number of esters is 1. The lowest BCUT2D eigenvalue weighted by atomic mass is 10.0. The van der Waals surface area contributed by atoms with E-state index in [1.165, 1.54) is 109 Å². The number of carbonyl (C=O) groups excluding carboxylic acids is 2. The number of unbranched alkanes of at least 4 members (excludes halogenated alkanes) is 27. The van der Waals surface area contributed by atoms with Gasteiger partial charge in [0.15, 0.2) is 0 Å². The van der Waals surface area contributed by atoms with Gasteiger partial charge in [0.1, 0.15) is 19.3 Å². The molecule has 1 amide bonds. The molecule has 0 saturated carbocycles. The molecule has 0 aliphatic rings. The Morgan fingerprint density at radius 3 is 1.21 bits per heavy atom. The number of allylic oxidation sites excluding steroid dienone is 17. The number of hydrogen-bond acceptors (Lipinski definition) is 7. The molecule has 0 bridgehead atoms. The number of quaternary nitrogens is 1. The maximum atomic E-state index is 13.6. The Morgan fingerprint density at radius 2 is 0.790 bits per heavy atom. The van der Waals surface area contributed by atoms with Gasteiger partial charge in [-0.05, 0) is 115 Å². The van der Waals surface area contributed by atoms with Crippen molar-refractivity contribution in [2.24, 2.45) is 0 Å². The number of amides is 1. The summed E-state index contributed by atoms with van der Waals surface area (Å²) in [7, 11) is 1.15. The molecule has 3 atom stereocenters. The van der Waals surface area contributed by atoms with Crippen molar-refractivity contribution in [3.63, 3.8) is 0 Å². The van der Waals surface area contributed by atoms with E-state index in [2.05, 4.69) is 123 Å². The lowest BCUT2D eigenvalue weighted by Gasteiger charge is -2.30. The number of phosphoric acid groups is 1. The molecule has 0 aliphatic carbocycles. The van der Waals surface area contributed by atoms with Crippen LogP contribution in [0.1, 0.15) is 278 Å². The molecule has 0 aliphatic heterocycles. The average Bonchev–Trinajstić information content (AvgIpc) is 3.44. The molecule has 0 rings (SSSR count). The van der Waals surface area contributed by atoms with Crippen molar-refractivity contribution in [3.05, 3.63) is 109 Å². The van der Waals surface area contributed by atoms with Crippen molar-refractivity contribution in [2.75, 3.05) is 40.9 Å². The van der Waals surface area contributed by atoms with Gasteiger partial charge in [-0.15, -0.1) is 0 Å². The lowest BCUT2D eigenvalue weighted by molar-refractivity contribution is -0.870.